The summed E-state index contributed by atoms with van der Waals surface area (Å²) in [5.41, 5.74) is 16.7. The van der Waals surface area contributed by atoms with Crippen LogP contribution in [0.5, 0.6) is 0 Å². The zero-order valence-electron chi connectivity index (χ0n) is 29.5. The number of rotatable bonds is 4. The molecule has 11 rings (SSSR count). The van der Waals surface area contributed by atoms with Gasteiger partial charge < -0.3 is 8.98 Å². The Morgan fingerprint density at radius 2 is 1.11 bits per heavy atom. The number of furan rings is 1. The van der Waals surface area contributed by atoms with Crippen LogP contribution in [0.15, 0.2) is 174 Å². The van der Waals surface area contributed by atoms with E-state index in [2.05, 4.69) is 176 Å². The summed E-state index contributed by atoms with van der Waals surface area (Å²) in [5.74, 6) is 0. The molecule has 3 nitrogen and oxygen atoms in total. The van der Waals surface area contributed by atoms with E-state index in [0.29, 0.717) is 0 Å². The Bertz CT molecular complexity index is 3090. The number of benzene rings is 7. The third-order valence-electron chi connectivity index (χ3n) is 11.4. The molecule has 0 saturated heterocycles. The lowest BCUT2D eigenvalue weighted by molar-refractivity contribution is 0.661. The molecule has 53 heavy (non-hydrogen) atoms. The quantitative estimate of drug-likeness (QED) is 0.185. The van der Waals surface area contributed by atoms with E-state index >= 15 is 0 Å². The minimum absolute atomic E-state index is 0.0839. The highest BCUT2D eigenvalue weighted by Crippen LogP contribution is 2.51. The average molecular weight is 679 g/mol. The molecule has 0 radical (unpaired) electrons. The van der Waals surface area contributed by atoms with Gasteiger partial charge in [0.2, 0.25) is 0 Å². The fraction of sp³-hybridized carbons (Fsp3) is 0.0600. The van der Waals surface area contributed by atoms with Crippen molar-refractivity contribution in [2.75, 3.05) is 0 Å². The predicted octanol–water partition coefficient (Wildman–Crippen LogP) is 13.4. The third kappa shape index (κ3) is 4.50. The largest absolute Gasteiger partial charge is 0.456 e. The molecule has 0 amide bonds. The van der Waals surface area contributed by atoms with E-state index in [9.17, 15) is 0 Å². The van der Waals surface area contributed by atoms with Crippen molar-refractivity contribution in [1.82, 2.24) is 9.55 Å². The van der Waals surface area contributed by atoms with Crippen LogP contribution in [-0.2, 0) is 5.41 Å². The van der Waals surface area contributed by atoms with Gasteiger partial charge in [0.1, 0.15) is 11.2 Å². The summed E-state index contributed by atoms with van der Waals surface area (Å²) < 4.78 is 8.81. The number of fused-ring (bicyclic) bond motifs is 9. The Hall–Kier alpha value is -6.71. The topological polar surface area (TPSA) is 31.0 Å². The highest BCUT2D eigenvalue weighted by atomic mass is 16.3. The van der Waals surface area contributed by atoms with Crippen LogP contribution in [0.1, 0.15) is 25.0 Å². The van der Waals surface area contributed by atoms with Gasteiger partial charge in [0.05, 0.1) is 28.1 Å². The van der Waals surface area contributed by atoms with Crippen molar-refractivity contribution >= 4 is 43.7 Å². The highest BCUT2D eigenvalue weighted by Gasteiger charge is 2.36. The zero-order valence-corrected chi connectivity index (χ0v) is 29.5. The molecule has 0 aliphatic heterocycles. The maximum absolute atomic E-state index is 6.37. The molecule has 0 fully saturated rings. The Morgan fingerprint density at radius 3 is 1.98 bits per heavy atom. The minimum atomic E-state index is -0.0839. The first-order chi connectivity index (χ1) is 26.0. The Balaban J connectivity index is 1.18. The Labute approximate surface area is 307 Å². The summed E-state index contributed by atoms with van der Waals surface area (Å²) in [5, 5.41) is 4.73. The van der Waals surface area contributed by atoms with Gasteiger partial charge in [-0.2, -0.15) is 0 Å². The zero-order chi connectivity index (χ0) is 35.3. The lowest BCUT2D eigenvalue weighted by atomic mass is 9.82. The lowest BCUT2D eigenvalue weighted by Crippen LogP contribution is -2.14. The molecule has 3 heterocycles. The molecule has 3 aromatic heterocycles. The number of para-hydroxylation sites is 2. The maximum Gasteiger partial charge on any atom is 0.136 e. The third-order valence-corrected chi connectivity index (χ3v) is 11.4. The molecule has 0 N–H and O–H groups in total. The van der Waals surface area contributed by atoms with Gasteiger partial charge in [-0.25, -0.2) is 4.98 Å². The van der Waals surface area contributed by atoms with Crippen LogP contribution in [0.25, 0.3) is 94.2 Å². The first kappa shape index (κ1) is 30.0. The molecule has 7 aromatic carbocycles. The Morgan fingerprint density at radius 1 is 0.434 bits per heavy atom. The number of hydrogen-bond acceptors (Lipinski definition) is 2. The van der Waals surface area contributed by atoms with Gasteiger partial charge in [-0.3, -0.25) is 0 Å². The smallest absolute Gasteiger partial charge is 0.136 e. The van der Waals surface area contributed by atoms with Crippen molar-refractivity contribution in [3.63, 3.8) is 0 Å². The van der Waals surface area contributed by atoms with Gasteiger partial charge in [0, 0.05) is 38.1 Å². The summed E-state index contributed by atoms with van der Waals surface area (Å²) in [4.78, 5) is 5.39. The highest BCUT2D eigenvalue weighted by molar-refractivity contribution is 6.12. The number of nitrogens with zero attached hydrogens (tertiary/aromatic N) is 2. The standard InChI is InChI=1S/C50H34N2O/c1-50(2)42-20-9-6-17-36(42)40-30-47-41(29-43(40)50)37-18-7-10-21-46(37)52(47)35-27-44(33-16-12-15-32(25-33)31-13-4-3-5-14-31)51-45(28-35)34-23-24-39-38-19-8-11-22-48(38)53-49(39)26-34/h3-30H,1-2H3. The van der Waals surface area contributed by atoms with Crippen LogP contribution >= 0.6 is 0 Å². The first-order valence-corrected chi connectivity index (χ1v) is 18.3. The van der Waals surface area contributed by atoms with Crippen molar-refractivity contribution in [2.45, 2.75) is 19.3 Å². The van der Waals surface area contributed by atoms with Gasteiger partial charge >= 0.3 is 0 Å². The molecule has 0 bridgehead atoms. The monoisotopic (exact) mass is 678 g/mol. The van der Waals surface area contributed by atoms with E-state index in [0.717, 1.165) is 55.7 Å². The van der Waals surface area contributed by atoms with E-state index < -0.39 is 0 Å². The van der Waals surface area contributed by atoms with E-state index in [1.165, 1.54) is 49.6 Å². The van der Waals surface area contributed by atoms with E-state index in [1.807, 2.05) is 12.1 Å². The molecule has 0 saturated carbocycles. The summed E-state index contributed by atoms with van der Waals surface area (Å²) >= 11 is 0. The fourth-order valence-corrected chi connectivity index (χ4v) is 8.76. The van der Waals surface area contributed by atoms with E-state index in [-0.39, 0.29) is 5.41 Å². The van der Waals surface area contributed by atoms with Crippen molar-refractivity contribution in [3.05, 3.63) is 181 Å². The van der Waals surface area contributed by atoms with Crippen LogP contribution in [0.4, 0.5) is 0 Å². The summed E-state index contributed by atoms with van der Waals surface area (Å²) in [6, 6.07) is 61.1. The average Bonchev–Trinajstić information content (AvgIpc) is 3.82. The van der Waals surface area contributed by atoms with Crippen molar-refractivity contribution in [2.24, 2.45) is 0 Å². The summed E-state index contributed by atoms with van der Waals surface area (Å²) in [6.07, 6.45) is 0. The summed E-state index contributed by atoms with van der Waals surface area (Å²) in [6.45, 7) is 4.71. The molecule has 0 spiro atoms. The van der Waals surface area contributed by atoms with Crippen molar-refractivity contribution in [1.29, 1.82) is 0 Å². The van der Waals surface area contributed by atoms with Gasteiger partial charge in [0.15, 0.2) is 0 Å². The van der Waals surface area contributed by atoms with Crippen molar-refractivity contribution in [3.8, 4) is 50.5 Å². The molecule has 1 aliphatic rings. The molecule has 3 heteroatoms. The molecular formula is C50H34N2O. The second kappa shape index (κ2) is 11.1. The minimum Gasteiger partial charge on any atom is -0.456 e. The van der Waals surface area contributed by atoms with Gasteiger partial charge in [-0.05, 0) is 88.0 Å². The maximum atomic E-state index is 6.37. The number of aromatic nitrogens is 2. The van der Waals surface area contributed by atoms with Crippen LogP contribution in [0.3, 0.4) is 0 Å². The van der Waals surface area contributed by atoms with E-state index in [1.54, 1.807) is 0 Å². The van der Waals surface area contributed by atoms with Crippen LogP contribution in [0, 0.1) is 0 Å². The van der Waals surface area contributed by atoms with E-state index in [4.69, 9.17) is 9.40 Å². The molecule has 10 aromatic rings. The molecule has 250 valence electrons. The number of hydrogen-bond donors (Lipinski definition) is 0. The second-order valence-electron chi connectivity index (χ2n) is 14.8. The molecular weight excluding hydrogens is 645 g/mol. The molecule has 0 unspecified atom stereocenters. The van der Waals surface area contributed by atoms with Gasteiger partial charge in [0.25, 0.3) is 0 Å². The van der Waals surface area contributed by atoms with Crippen molar-refractivity contribution < 1.29 is 4.42 Å². The SMILES string of the molecule is CC1(C)c2ccccc2-c2cc3c(cc21)c1ccccc1n3-c1cc(-c2cccc(-c3ccccc3)c2)nc(-c2ccc3c(c2)oc2ccccc23)c1. The Kier molecular flexibility index (Phi) is 6.30. The second-order valence-corrected chi connectivity index (χ2v) is 14.8. The fourth-order valence-electron chi connectivity index (χ4n) is 8.76. The normalized spacial score (nSPS) is 13.2. The molecule has 1 aliphatic carbocycles. The lowest BCUT2D eigenvalue weighted by Gasteiger charge is -2.21. The predicted molar refractivity (Wildman–Crippen MR) is 220 cm³/mol. The van der Waals surface area contributed by atoms with Crippen LogP contribution in [-0.4, -0.2) is 9.55 Å². The molecule has 0 atom stereocenters. The van der Waals surface area contributed by atoms with Gasteiger partial charge in [-0.15, -0.1) is 0 Å². The van der Waals surface area contributed by atoms with Crippen LogP contribution < -0.4 is 0 Å². The summed E-state index contributed by atoms with van der Waals surface area (Å²) in [7, 11) is 0. The first-order valence-electron chi connectivity index (χ1n) is 18.3. The van der Waals surface area contributed by atoms with Gasteiger partial charge in [-0.1, -0.05) is 129 Å². The number of pyridine rings is 1. The van der Waals surface area contributed by atoms with Crippen LogP contribution in [0.2, 0.25) is 0 Å².